The highest BCUT2D eigenvalue weighted by atomic mass is 16.5. The lowest BCUT2D eigenvalue weighted by Crippen LogP contribution is -2.07. The topological polar surface area (TPSA) is 44.5 Å². The zero-order valence-corrected chi connectivity index (χ0v) is 8.54. The third-order valence-electron chi connectivity index (χ3n) is 2.75. The molecule has 0 aliphatic heterocycles. The molecular weight excluding hydrogens is 178 g/mol. The standard InChI is InChI=1S/C11H15NO2/c1-13-8-5-7-3-4-9(12)11(7)10(6-8)14-2/h5-6,9H,3-4,12H2,1-2H3/t9-/m1/s1. The first kappa shape index (κ1) is 9.34. The molecule has 0 spiro atoms. The van der Waals surface area contributed by atoms with E-state index in [4.69, 9.17) is 15.2 Å². The van der Waals surface area contributed by atoms with Gasteiger partial charge in [0.05, 0.1) is 14.2 Å². The number of hydrogen-bond donors (Lipinski definition) is 1. The van der Waals surface area contributed by atoms with Crippen LogP contribution in [-0.4, -0.2) is 14.2 Å². The zero-order valence-electron chi connectivity index (χ0n) is 8.54. The summed E-state index contributed by atoms with van der Waals surface area (Å²) in [5.41, 5.74) is 8.40. The first-order valence-electron chi connectivity index (χ1n) is 4.76. The van der Waals surface area contributed by atoms with Crippen molar-refractivity contribution in [1.29, 1.82) is 0 Å². The van der Waals surface area contributed by atoms with Crippen molar-refractivity contribution in [1.82, 2.24) is 0 Å². The molecule has 0 heterocycles. The Kier molecular flexibility index (Phi) is 2.33. The van der Waals surface area contributed by atoms with Crippen LogP contribution in [0.15, 0.2) is 12.1 Å². The number of nitrogens with two attached hydrogens (primary N) is 1. The molecule has 0 fully saturated rings. The van der Waals surface area contributed by atoms with Crippen molar-refractivity contribution in [3.63, 3.8) is 0 Å². The summed E-state index contributed by atoms with van der Waals surface area (Å²) in [7, 11) is 3.33. The molecular formula is C11H15NO2. The summed E-state index contributed by atoms with van der Waals surface area (Å²) in [5.74, 6) is 1.69. The average molecular weight is 193 g/mol. The van der Waals surface area contributed by atoms with Gasteiger partial charge in [-0.05, 0) is 24.5 Å². The fourth-order valence-electron chi connectivity index (χ4n) is 2.03. The molecule has 0 aromatic heterocycles. The van der Waals surface area contributed by atoms with Crippen LogP contribution in [0.2, 0.25) is 0 Å². The Morgan fingerprint density at radius 1 is 1.29 bits per heavy atom. The first-order valence-corrected chi connectivity index (χ1v) is 4.76. The molecule has 1 aromatic carbocycles. The number of ether oxygens (including phenoxy) is 2. The fraction of sp³-hybridized carbons (Fsp3) is 0.455. The second-order valence-electron chi connectivity index (χ2n) is 3.55. The van der Waals surface area contributed by atoms with Crippen LogP contribution in [0.3, 0.4) is 0 Å². The lowest BCUT2D eigenvalue weighted by molar-refractivity contribution is 0.389. The van der Waals surface area contributed by atoms with Crippen molar-refractivity contribution in [3.8, 4) is 11.5 Å². The van der Waals surface area contributed by atoms with Crippen molar-refractivity contribution in [2.24, 2.45) is 5.73 Å². The smallest absolute Gasteiger partial charge is 0.127 e. The van der Waals surface area contributed by atoms with Crippen molar-refractivity contribution in [2.45, 2.75) is 18.9 Å². The highest BCUT2D eigenvalue weighted by Gasteiger charge is 2.24. The minimum absolute atomic E-state index is 0.117. The fourth-order valence-corrected chi connectivity index (χ4v) is 2.03. The summed E-state index contributed by atoms with van der Waals surface area (Å²) >= 11 is 0. The first-order chi connectivity index (χ1) is 6.76. The van der Waals surface area contributed by atoms with Crippen LogP contribution in [0.4, 0.5) is 0 Å². The van der Waals surface area contributed by atoms with Gasteiger partial charge in [-0.2, -0.15) is 0 Å². The van der Waals surface area contributed by atoms with Gasteiger partial charge < -0.3 is 15.2 Å². The number of hydrogen-bond acceptors (Lipinski definition) is 3. The Morgan fingerprint density at radius 2 is 2.07 bits per heavy atom. The van der Waals surface area contributed by atoms with Gasteiger partial charge >= 0.3 is 0 Å². The highest BCUT2D eigenvalue weighted by molar-refractivity contribution is 5.50. The second-order valence-corrected chi connectivity index (χ2v) is 3.55. The van der Waals surface area contributed by atoms with E-state index in [0.29, 0.717) is 0 Å². The summed E-state index contributed by atoms with van der Waals surface area (Å²) < 4.78 is 10.5. The summed E-state index contributed by atoms with van der Waals surface area (Å²) in [6.45, 7) is 0. The van der Waals surface area contributed by atoms with Crippen LogP contribution in [0.25, 0.3) is 0 Å². The average Bonchev–Trinajstić information content (AvgIpc) is 2.59. The third-order valence-corrected chi connectivity index (χ3v) is 2.75. The quantitative estimate of drug-likeness (QED) is 0.776. The van der Waals surface area contributed by atoms with Crippen molar-refractivity contribution < 1.29 is 9.47 Å². The minimum atomic E-state index is 0.117. The number of fused-ring (bicyclic) bond motifs is 1. The van der Waals surface area contributed by atoms with Gasteiger partial charge in [-0.15, -0.1) is 0 Å². The summed E-state index contributed by atoms with van der Waals surface area (Å²) in [6.07, 6.45) is 2.02. The zero-order chi connectivity index (χ0) is 10.1. The molecule has 1 aliphatic carbocycles. The van der Waals surface area contributed by atoms with Crippen LogP contribution < -0.4 is 15.2 Å². The van der Waals surface area contributed by atoms with Gasteiger partial charge in [-0.25, -0.2) is 0 Å². The molecule has 0 saturated carbocycles. The van der Waals surface area contributed by atoms with E-state index in [1.165, 1.54) is 5.56 Å². The Labute approximate surface area is 83.8 Å². The number of rotatable bonds is 2. The van der Waals surface area contributed by atoms with Gasteiger partial charge in [-0.1, -0.05) is 0 Å². The molecule has 76 valence electrons. The van der Waals surface area contributed by atoms with Gasteiger partial charge in [0.2, 0.25) is 0 Å². The molecule has 2 rings (SSSR count). The van der Waals surface area contributed by atoms with Crippen molar-refractivity contribution >= 4 is 0 Å². The maximum atomic E-state index is 5.99. The van der Waals surface area contributed by atoms with E-state index in [9.17, 15) is 0 Å². The summed E-state index contributed by atoms with van der Waals surface area (Å²) in [4.78, 5) is 0. The predicted octanol–water partition coefficient (Wildman–Crippen LogP) is 1.65. The lowest BCUT2D eigenvalue weighted by Gasteiger charge is -2.12. The lowest BCUT2D eigenvalue weighted by atomic mass is 10.1. The van der Waals surface area contributed by atoms with Gasteiger partial charge in [0, 0.05) is 17.7 Å². The Bertz CT molecular complexity index is 349. The normalized spacial score (nSPS) is 19.2. The minimum Gasteiger partial charge on any atom is -0.497 e. The molecule has 1 atom stereocenters. The maximum absolute atomic E-state index is 5.99. The largest absolute Gasteiger partial charge is 0.497 e. The molecule has 2 N–H and O–H groups in total. The molecule has 14 heavy (non-hydrogen) atoms. The van der Waals surface area contributed by atoms with Crippen molar-refractivity contribution in [2.75, 3.05) is 14.2 Å². The van der Waals surface area contributed by atoms with E-state index in [1.54, 1.807) is 14.2 Å². The molecule has 0 amide bonds. The molecule has 0 radical (unpaired) electrons. The molecule has 0 bridgehead atoms. The molecule has 3 heteroatoms. The molecule has 1 aromatic rings. The number of methoxy groups -OCH3 is 2. The van der Waals surface area contributed by atoms with Gasteiger partial charge in [-0.3, -0.25) is 0 Å². The van der Waals surface area contributed by atoms with E-state index < -0.39 is 0 Å². The number of aryl methyl sites for hydroxylation is 1. The van der Waals surface area contributed by atoms with Gasteiger partial charge in [0.15, 0.2) is 0 Å². The Morgan fingerprint density at radius 3 is 2.71 bits per heavy atom. The number of benzene rings is 1. The second kappa shape index (κ2) is 3.50. The van der Waals surface area contributed by atoms with Crippen LogP contribution in [0.5, 0.6) is 11.5 Å². The molecule has 3 nitrogen and oxygen atoms in total. The van der Waals surface area contributed by atoms with Gasteiger partial charge in [0.25, 0.3) is 0 Å². The molecule has 0 unspecified atom stereocenters. The van der Waals surface area contributed by atoms with Crippen molar-refractivity contribution in [3.05, 3.63) is 23.3 Å². The Hall–Kier alpha value is -1.22. The van der Waals surface area contributed by atoms with Crippen LogP contribution in [0, 0.1) is 0 Å². The van der Waals surface area contributed by atoms with E-state index >= 15 is 0 Å². The van der Waals surface area contributed by atoms with E-state index in [0.717, 1.165) is 29.9 Å². The van der Waals surface area contributed by atoms with E-state index in [2.05, 4.69) is 0 Å². The van der Waals surface area contributed by atoms with Crippen LogP contribution in [-0.2, 0) is 6.42 Å². The SMILES string of the molecule is COc1cc2c(c(OC)c1)[C@H](N)CC2. The van der Waals surface area contributed by atoms with E-state index in [1.807, 2.05) is 12.1 Å². The third kappa shape index (κ3) is 1.34. The van der Waals surface area contributed by atoms with Gasteiger partial charge in [0.1, 0.15) is 11.5 Å². The molecule has 1 aliphatic rings. The highest BCUT2D eigenvalue weighted by Crippen LogP contribution is 2.39. The Balaban J connectivity index is 2.52. The van der Waals surface area contributed by atoms with E-state index in [-0.39, 0.29) is 6.04 Å². The predicted molar refractivity (Wildman–Crippen MR) is 54.8 cm³/mol. The monoisotopic (exact) mass is 193 g/mol. The molecule has 0 saturated heterocycles. The van der Waals surface area contributed by atoms with Crippen LogP contribution >= 0.6 is 0 Å². The van der Waals surface area contributed by atoms with Crippen LogP contribution in [0.1, 0.15) is 23.6 Å². The summed E-state index contributed by atoms with van der Waals surface area (Å²) in [6, 6.07) is 4.06. The maximum Gasteiger partial charge on any atom is 0.127 e. The summed E-state index contributed by atoms with van der Waals surface area (Å²) in [5, 5.41) is 0.